The van der Waals surface area contributed by atoms with Gasteiger partial charge in [-0.25, -0.2) is 4.98 Å². The second-order valence-corrected chi connectivity index (χ2v) is 8.48. The highest BCUT2D eigenvalue weighted by Crippen LogP contribution is 2.34. The van der Waals surface area contributed by atoms with Crippen molar-refractivity contribution in [3.8, 4) is 6.07 Å². The minimum absolute atomic E-state index is 0.00607. The van der Waals surface area contributed by atoms with E-state index in [2.05, 4.69) is 21.7 Å². The molecule has 164 valence electrons. The molecule has 0 radical (unpaired) electrons. The van der Waals surface area contributed by atoms with Gasteiger partial charge in [0.05, 0.1) is 23.4 Å². The first-order valence-electron chi connectivity index (χ1n) is 10.1. The second kappa shape index (κ2) is 9.19. The zero-order valence-corrected chi connectivity index (χ0v) is 18.5. The number of fused-ring (bicyclic) bond motifs is 1. The van der Waals surface area contributed by atoms with E-state index >= 15 is 0 Å². The van der Waals surface area contributed by atoms with Gasteiger partial charge < -0.3 is 15.1 Å². The quantitative estimate of drug-likeness (QED) is 0.487. The topological polar surface area (TPSA) is 108 Å². The van der Waals surface area contributed by atoms with E-state index < -0.39 is 29.3 Å². The molecule has 1 aliphatic rings. The standard InChI is InChI=1S/C23H20Cl2N4O3/c24-12-15(14-5-2-1-3-6-14)21(30)27-17(22(31)29-23(13-26)9-10-23)11-19-28-20-16(25)7-4-8-18(20)32-19/h1-8,15,17H,9-12H2,(H,27,30)(H,29,31). The SMILES string of the molecule is N#CC1(NC(=O)C(Cc2nc3c(Cl)cccc3o2)NC(=O)C(CCl)c2ccccc2)CC1. The van der Waals surface area contributed by atoms with Crippen LogP contribution in [-0.4, -0.2) is 34.3 Å². The molecule has 3 aromatic rings. The normalized spacial score (nSPS) is 16.0. The number of nitrogens with zero attached hydrogens (tertiary/aromatic N) is 2. The Morgan fingerprint density at radius 2 is 1.91 bits per heavy atom. The number of amides is 2. The summed E-state index contributed by atoms with van der Waals surface area (Å²) in [4.78, 5) is 30.4. The van der Waals surface area contributed by atoms with E-state index in [1.807, 2.05) is 18.2 Å². The van der Waals surface area contributed by atoms with Crippen LogP contribution in [-0.2, 0) is 16.0 Å². The fourth-order valence-electron chi connectivity index (χ4n) is 3.41. The molecule has 0 spiro atoms. The van der Waals surface area contributed by atoms with E-state index in [0.29, 0.717) is 29.0 Å². The van der Waals surface area contributed by atoms with Crippen LogP contribution in [0.15, 0.2) is 52.9 Å². The summed E-state index contributed by atoms with van der Waals surface area (Å²) in [5, 5.41) is 15.3. The molecule has 1 aliphatic carbocycles. The summed E-state index contributed by atoms with van der Waals surface area (Å²) in [6, 6.07) is 15.4. The van der Waals surface area contributed by atoms with Crippen LogP contribution in [0.3, 0.4) is 0 Å². The van der Waals surface area contributed by atoms with E-state index in [9.17, 15) is 14.9 Å². The van der Waals surface area contributed by atoms with Gasteiger partial charge in [0.15, 0.2) is 11.5 Å². The fourth-order valence-corrected chi connectivity index (χ4v) is 3.94. The van der Waals surface area contributed by atoms with E-state index in [1.165, 1.54) is 0 Å². The van der Waals surface area contributed by atoms with Crippen LogP contribution >= 0.6 is 23.2 Å². The molecule has 7 nitrogen and oxygen atoms in total. The molecule has 32 heavy (non-hydrogen) atoms. The highest BCUT2D eigenvalue weighted by Gasteiger charge is 2.46. The summed E-state index contributed by atoms with van der Waals surface area (Å²) in [5.74, 6) is -1.23. The van der Waals surface area contributed by atoms with Gasteiger partial charge in [0.1, 0.15) is 17.1 Å². The van der Waals surface area contributed by atoms with Crippen molar-refractivity contribution in [1.29, 1.82) is 5.26 Å². The molecule has 1 fully saturated rings. The maximum atomic E-state index is 13.0. The number of hydrogen-bond acceptors (Lipinski definition) is 5. The lowest BCUT2D eigenvalue weighted by molar-refractivity contribution is -0.130. The Morgan fingerprint density at radius 1 is 1.16 bits per heavy atom. The molecule has 4 rings (SSSR count). The third-order valence-electron chi connectivity index (χ3n) is 5.42. The van der Waals surface area contributed by atoms with Gasteiger partial charge in [0.2, 0.25) is 11.8 Å². The first-order valence-corrected chi connectivity index (χ1v) is 11.0. The first kappa shape index (κ1) is 22.1. The lowest BCUT2D eigenvalue weighted by Crippen LogP contribution is -2.52. The van der Waals surface area contributed by atoms with E-state index in [1.54, 1.807) is 30.3 Å². The monoisotopic (exact) mass is 470 g/mol. The number of carbonyl (C=O) groups is 2. The van der Waals surface area contributed by atoms with Crippen molar-refractivity contribution in [3.05, 3.63) is 65.0 Å². The number of benzene rings is 2. The number of halogens is 2. The van der Waals surface area contributed by atoms with Crippen molar-refractivity contribution < 1.29 is 14.0 Å². The smallest absolute Gasteiger partial charge is 0.244 e. The average molecular weight is 471 g/mol. The molecule has 1 saturated carbocycles. The Hall–Kier alpha value is -3.08. The van der Waals surface area contributed by atoms with Crippen LogP contribution in [0, 0.1) is 11.3 Å². The summed E-state index contributed by atoms with van der Waals surface area (Å²) < 4.78 is 5.74. The number of alkyl halides is 1. The van der Waals surface area contributed by atoms with Crippen molar-refractivity contribution in [1.82, 2.24) is 15.6 Å². The maximum absolute atomic E-state index is 13.0. The van der Waals surface area contributed by atoms with Crippen LogP contribution in [0.5, 0.6) is 0 Å². The number of nitriles is 1. The number of rotatable bonds is 8. The largest absolute Gasteiger partial charge is 0.441 e. The molecule has 1 heterocycles. The summed E-state index contributed by atoms with van der Waals surface area (Å²) in [6.45, 7) is 0. The minimum Gasteiger partial charge on any atom is -0.441 e. The van der Waals surface area contributed by atoms with E-state index in [-0.39, 0.29) is 18.2 Å². The molecule has 0 bridgehead atoms. The van der Waals surface area contributed by atoms with Gasteiger partial charge in [0.25, 0.3) is 0 Å². The number of hydrogen-bond donors (Lipinski definition) is 2. The third-order valence-corrected chi connectivity index (χ3v) is 6.04. The molecule has 2 unspecified atom stereocenters. The Bertz CT molecular complexity index is 1180. The number of nitrogens with one attached hydrogen (secondary N) is 2. The highest BCUT2D eigenvalue weighted by atomic mass is 35.5. The molecule has 2 atom stereocenters. The van der Waals surface area contributed by atoms with Gasteiger partial charge in [-0.3, -0.25) is 9.59 Å². The predicted molar refractivity (Wildman–Crippen MR) is 120 cm³/mol. The van der Waals surface area contributed by atoms with Gasteiger partial charge in [0, 0.05) is 5.88 Å². The van der Waals surface area contributed by atoms with E-state index in [4.69, 9.17) is 27.6 Å². The molecular formula is C23H20Cl2N4O3. The Morgan fingerprint density at radius 3 is 2.53 bits per heavy atom. The van der Waals surface area contributed by atoms with Crippen molar-refractivity contribution in [2.24, 2.45) is 0 Å². The molecule has 9 heteroatoms. The van der Waals surface area contributed by atoms with Gasteiger partial charge in [-0.15, -0.1) is 11.6 Å². The molecule has 0 saturated heterocycles. The molecule has 1 aromatic heterocycles. The van der Waals surface area contributed by atoms with Crippen molar-refractivity contribution >= 4 is 46.1 Å². The molecule has 2 aromatic carbocycles. The lowest BCUT2D eigenvalue weighted by Gasteiger charge is -2.22. The van der Waals surface area contributed by atoms with Crippen LogP contribution in [0.2, 0.25) is 5.02 Å². The average Bonchev–Trinajstić information content (AvgIpc) is 3.44. The summed E-state index contributed by atoms with van der Waals surface area (Å²) in [7, 11) is 0. The molecule has 2 N–H and O–H groups in total. The summed E-state index contributed by atoms with van der Waals surface area (Å²) in [5.41, 5.74) is 0.823. The molecular weight excluding hydrogens is 451 g/mol. The first-order chi connectivity index (χ1) is 15.4. The third kappa shape index (κ3) is 4.72. The van der Waals surface area contributed by atoms with Gasteiger partial charge >= 0.3 is 0 Å². The van der Waals surface area contributed by atoms with Gasteiger partial charge in [-0.1, -0.05) is 48.0 Å². The van der Waals surface area contributed by atoms with Crippen molar-refractivity contribution in [3.63, 3.8) is 0 Å². The summed E-state index contributed by atoms with van der Waals surface area (Å²) >= 11 is 12.3. The Kier molecular flexibility index (Phi) is 6.35. The lowest BCUT2D eigenvalue weighted by atomic mass is 9.99. The van der Waals surface area contributed by atoms with Gasteiger partial charge in [-0.05, 0) is 30.5 Å². The van der Waals surface area contributed by atoms with E-state index in [0.717, 1.165) is 5.56 Å². The zero-order chi connectivity index (χ0) is 22.7. The minimum atomic E-state index is -1.01. The van der Waals surface area contributed by atoms with Crippen LogP contribution in [0.1, 0.15) is 30.2 Å². The van der Waals surface area contributed by atoms with Crippen molar-refractivity contribution in [2.45, 2.75) is 36.8 Å². The highest BCUT2D eigenvalue weighted by molar-refractivity contribution is 6.34. The Labute approximate surface area is 194 Å². The second-order valence-electron chi connectivity index (χ2n) is 7.76. The molecule has 2 amide bonds. The fraction of sp³-hybridized carbons (Fsp3) is 0.304. The Balaban J connectivity index is 1.58. The number of aromatic nitrogens is 1. The maximum Gasteiger partial charge on any atom is 0.244 e. The zero-order valence-electron chi connectivity index (χ0n) is 17.0. The van der Waals surface area contributed by atoms with Crippen molar-refractivity contribution in [2.75, 3.05) is 5.88 Å². The predicted octanol–water partition coefficient (Wildman–Crippen LogP) is 3.70. The number of oxazole rings is 1. The summed E-state index contributed by atoms with van der Waals surface area (Å²) in [6.07, 6.45) is 1.14. The van der Waals surface area contributed by atoms with Crippen LogP contribution in [0.25, 0.3) is 11.1 Å². The number of para-hydroxylation sites is 1. The molecule has 0 aliphatic heterocycles. The van der Waals surface area contributed by atoms with Gasteiger partial charge in [-0.2, -0.15) is 5.26 Å². The van der Waals surface area contributed by atoms with Crippen LogP contribution < -0.4 is 10.6 Å². The number of carbonyl (C=O) groups excluding carboxylic acids is 2. The van der Waals surface area contributed by atoms with Crippen LogP contribution in [0.4, 0.5) is 0 Å².